The van der Waals surface area contributed by atoms with Crippen LogP contribution in [0.1, 0.15) is 357 Å². The van der Waals surface area contributed by atoms with Gasteiger partial charge in [0.05, 0.1) is 26.4 Å². The first-order valence-electron chi connectivity index (χ1n) is 37.2. The topological polar surface area (TPSA) is 237 Å². The van der Waals surface area contributed by atoms with E-state index in [2.05, 4.69) is 55.4 Å². The summed E-state index contributed by atoms with van der Waals surface area (Å²) >= 11 is 0. The predicted octanol–water partition coefficient (Wildman–Crippen LogP) is 20.5. The van der Waals surface area contributed by atoms with Crippen LogP contribution in [0.4, 0.5) is 0 Å². The zero-order valence-corrected chi connectivity index (χ0v) is 61.3. The molecule has 19 heteroatoms. The number of ether oxygens (including phenoxy) is 4. The summed E-state index contributed by atoms with van der Waals surface area (Å²) in [7, 11) is -9.90. The van der Waals surface area contributed by atoms with E-state index in [1.54, 1.807) is 0 Å². The first-order valence-corrected chi connectivity index (χ1v) is 40.2. The van der Waals surface area contributed by atoms with Gasteiger partial charge in [0.1, 0.15) is 19.3 Å². The normalized spacial score (nSPS) is 14.5. The first kappa shape index (κ1) is 89.1. The fourth-order valence-electron chi connectivity index (χ4n) is 10.8. The molecule has 0 radical (unpaired) electrons. The van der Waals surface area contributed by atoms with Gasteiger partial charge in [0, 0.05) is 25.7 Å². The van der Waals surface area contributed by atoms with E-state index in [0.29, 0.717) is 31.6 Å². The molecule has 3 N–H and O–H groups in total. The van der Waals surface area contributed by atoms with Gasteiger partial charge in [-0.2, -0.15) is 0 Å². The zero-order valence-electron chi connectivity index (χ0n) is 59.5. The maximum absolute atomic E-state index is 13.0. The number of phosphoric acid groups is 2. The molecular weight excluding hydrogens is 1200 g/mol. The second-order valence-electron chi connectivity index (χ2n) is 27.6. The molecule has 17 nitrogen and oxygen atoms in total. The standard InChI is InChI=1S/C72H140O17P2/c1-9-65(8)51-43-35-30-31-37-45-53-70(75)83-59-68(88-71(76)54-46-38-28-22-18-20-25-33-41-49-63(4)5)61-87-91(80,81)85-57-66(73)56-84-90(78,79)86-60-67(89-72(77)55-47-39-29-23-26-34-42-50-64(6)7)58-82-69(74)52-44-36-27-21-17-15-13-11-10-12-14-16-19-24-32-40-48-62(2)3/h62-68,73H,9-61H2,1-8H3,(H,78,79)(H,80,81)/t65?,66-,67-,68-/m1/s1. The van der Waals surface area contributed by atoms with Gasteiger partial charge in [0.2, 0.25) is 0 Å². The van der Waals surface area contributed by atoms with Gasteiger partial charge in [0.15, 0.2) is 12.2 Å². The van der Waals surface area contributed by atoms with E-state index in [-0.39, 0.29) is 25.7 Å². The predicted molar refractivity (Wildman–Crippen MR) is 367 cm³/mol. The second kappa shape index (κ2) is 61.6. The summed E-state index contributed by atoms with van der Waals surface area (Å²) in [4.78, 5) is 72.6. The van der Waals surface area contributed by atoms with E-state index < -0.39 is 97.5 Å². The molecule has 0 heterocycles. The van der Waals surface area contributed by atoms with Gasteiger partial charge >= 0.3 is 39.5 Å². The second-order valence-corrected chi connectivity index (χ2v) is 30.6. The van der Waals surface area contributed by atoms with Crippen molar-refractivity contribution in [3.8, 4) is 0 Å². The highest BCUT2D eigenvalue weighted by Gasteiger charge is 2.30. The highest BCUT2D eigenvalue weighted by Crippen LogP contribution is 2.45. The summed E-state index contributed by atoms with van der Waals surface area (Å²) in [6.07, 6.45) is 44.7. The molecule has 6 atom stereocenters. The van der Waals surface area contributed by atoms with Crippen molar-refractivity contribution in [3.63, 3.8) is 0 Å². The van der Waals surface area contributed by atoms with Crippen molar-refractivity contribution in [3.05, 3.63) is 0 Å². The molecule has 0 saturated carbocycles. The Balaban J connectivity index is 5.18. The maximum atomic E-state index is 13.0. The molecule has 0 rings (SSSR count). The van der Waals surface area contributed by atoms with Crippen LogP contribution in [0, 0.1) is 23.7 Å². The van der Waals surface area contributed by atoms with Gasteiger partial charge in [-0.25, -0.2) is 9.13 Å². The van der Waals surface area contributed by atoms with Crippen LogP contribution in [0.2, 0.25) is 0 Å². The minimum atomic E-state index is -4.95. The lowest BCUT2D eigenvalue weighted by Gasteiger charge is -2.21. The lowest BCUT2D eigenvalue weighted by atomic mass is 10.00. The third-order valence-electron chi connectivity index (χ3n) is 16.9. The Morgan fingerprint density at radius 3 is 0.780 bits per heavy atom. The molecule has 0 fully saturated rings. The summed E-state index contributed by atoms with van der Waals surface area (Å²) in [6, 6.07) is 0. The number of phosphoric ester groups is 2. The number of carbonyl (C=O) groups is 4. The molecule has 0 spiro atoms. The summed E-state index contributed by atoms with van der Waals surface area (Å²) in [5, 5.41) is 10.6. The van der Waals surface area contributed by atoms with Gasteiger partial charge in [-0.1, -0.05) is 306 Å². The van der Waals surface area contributed by atoms with Crippen LogP contribution in [0.15, 0.2) is 0 Å². The largest absolute Gasteiger partial charge is 0.472 e. The SMILES string of the molecule is CCC(C)CCCCCCCCC(=O)OC[C@H](COP(=O)(O)OC[C@H](O)COP(=O)(O)OC[C@@H](COC(=O)CCCCCCCCCCCCCCCCCCC(C)C)OC(=O)CCCCCCCCCC(C)C)OC(=O)CCCCCCCCCCCC(C)C. The van der Waals surface area contributed by atoms with E-state index >= 15 is 0 Å². The minimum Gasteiger partial charge on any atom is -0.462 e. The maximum Gasteiger partial charge on any atom is 0.472 e. The van der Waals surface area contributed by atoms with Crippen LogP contribution in [0.25, 0.3) is 0 Å². The molecule has 0 aromatic carbocycles. The fraction of sp³-hybridized carbons (Fsp3) is 0.944. The van der Waals surface area contributed by atoms with E-state index in [1.165, 1.54) is 154 Å². The van der Waals surface area contributed by atoms with Crippen LogP contribution in [-0.2, 0) is 65.4 Å². The molecule has 0 aliphatic heterocycles. The number of unbranched alkanes of at least 4 members (excludes halogenated alkanes) is 34. The van der Waals surface area contributed by atoms with Gasteiger partial charge in [-0.3, -0.25) is 37.3 Å². The monoisotopic (exact) mass is 1340 g/mol. The first-order chi connectivity index (χ1) is 43.6. The molecule has 0 saturated heterocycles. The van der Waals surface area contributed by atoms with Crippen molar-refractivity contribution < 1.29 is 80.2 Å². The number of rotatable bonds is 69. The lowest BCUT2D eigenvalue weighted by molar-refractivity contribution is -0.161. The van der Waals surface area contributed by atoms with Gasteiger partial charge in [0.25, 0.3) is 0 Å². The molecule has 0 aromatic rings. The molecule has 91 heavy (non-hydrogen) atoms. The van der Waals surface area contributed by atoms with Crippen molar-refractivity contribution in [2.24, 2.45) is 23.7 Å². The summed E-state index contributed by atoms with van der Waals surface area (Å²) in [6.45, 7) is 14.1. The lowest BCUT2D eigenvalue weighted by Crippen LogP contribution is -2.30. The van der Waals surface area contributed by atoms with E-state index in [4.69, 9.17) is 37.0 Å². The van der Waals surface area contributed by atoms with Crippen molar-refractivity contribution in [2.45, 2.75) is 375 Å². The summed E-state index contributed by atoms with van der Waals surface area (Å²) in [5.41, 5.74) is 0. The number of hydrogen-bond donors (Lipinski definition) is 3. The molecule has 3 unspecified atom stereocenters. The quantitative estimate of drug-likeness (QED) is 0.0222. The Morgan fingerprint density at radius 2 is 0.527 bits per heavy atom. The van der Waals surface area contributed by atoms with Crippen molar-refractivity contribution in [1.29, 1.82) is 0 Å². The number of hydrogen-bond acceptors (Lipinski definition) is 15. The molecule has 0 aliphatic rings. The summed E-state index contributed by atoms with van der Waals surface area (Å²) < 4.78 is 68.3. The van der Waals surface area contributed by atoms with Crippen LogP contribution >= 0.6 is 15.6 Å². The average molecular weight is 1340 g/mol. The number of aliphatic hydroxyl groups is 1. The van der Waals surface area contributed by atoms with E-state index in [1.807, 2.05) is 0 Å². The molecule has 0 bridgehead atoms. The third kappa shape index (κ3) is 65.1. The highest BCUT2D eigenvalue weighted by atomic mass is 31.2. The van der Waals surface area contributed by atoms with Crippen LogP contribution in [0.3, 0.4) is 0 Å². The number of aliphatic hydroxyl groups excluding tert-OH is 1. The molecule has 0 aromatic heterocycles. The Bertz CT molecular complexity index is 1800. The molecule has 0 aliphatic carbocycles. The van der Waals surface area contributed by atoms with Crippen LogP contribution < -0.4 is 0 Å². The molecular formula is C72H140O17P2. The summed E-state index contributed by atoms with van der Waals surface area (Å²) in [5.74, 6) is 0.845. The van der Waals surface area contributed by atoms with Crippen LogP contribution in [0.5, 0.6) is 0 Å². The van der Waals surface area contributed by atoms with Gasteiger partial charge in [-0.15, -0.1) is 0 Å². The average Bonchev–Trinajstić information content (AvgIpc) is 2.69. The Morgan fingerprint density at radius 1 is 0.308 bits per heavy atom. The number of esters is 4. The Kier molecular flexibility index (Phi) is 60.3. The van der Waals surface area contributed by atoms with E-state index in [0.717, 1.165) is 114 Å². The fourth-order valence-corrected chi connectivity index (χ4v) is 12.4. The van der Waals surface area contributed by atoms with Crippen molar-refractivity contribution in [1.82, 2.24) is 0 Å². The van der Waals surface area contributed by atoms with Crippen LogP contribution in [-0.4, -0.2) is 96.7 Å². The third-order valence-corrected chi connectivity index (χ3v) is 18.8. The number of carbonyl (C=O) groups excluding carboxylic acids is 4. The zero-order chi connectivity index (χ0) is 67.5. The molecule has 0 amide bonds. The van der Waals surface area contributed by atoms with Gasteiger partial charge in [-0.05, 0) is 49.4 Å². The Labute approximate surface area is 556 Å². The van der Waals surface area contributed by atoms with Crippen molar-refractivity contribution >= 4 is 39.5 Å². The van der Waals surface area contributed by atoms with Crippen molar-refractivity contribution in [2.75, 3.05) is 39.6 Å². The smallest absolute Gasteiger partial charge is 0.462 e. The minimum absolute atomic E-state index is 0.103. The van der Waals surface area contributed by atoms with Gasteiger partial charge < -0.3 is 33.8 Å². The Hall–Kier alpha value is -1.94. The van der Waals surface area contributed by atoms with E-state index in [9.17, 15) is 43.2 Å². The molecule has 540 valence electrons. The highest BCUT2D eigenvalue weighted by molar-refractivity contribution is 7.47.